The van der Waals surface area contributed by atoms with Gasteiger partial charge in [-0.1, -0.05) is 218 Å². The molecule has 0 aliphatic heterocycles. The van der Waals surface area contributed by atoms with Gasteiger partial charge >= 0.3 is 0 Å². The second-order valence-electron chi connectivity index (χ2n) is 22.2. The molecule has 16 rings (SSSR count). The summed E-state index contributed by atoms with van der Waals surface area (Å²) in [5.74, 6) is 2.82. The molecule has 0 unspecified atom stereocenters. The highest BCUT2D eigenvalue weighted by Gasteiger charge is 2.52. The number of benzene rings is 10. The molecule has 1 nitrogen and oxygen atoms in total. The number of hydrogen-bond donors (Lipinski definition) is 0. The third-order valence-corrected chi connectivity index (χ3v) is 18.4. The molecule has 1 heteroatoms. The molecule has 73 heavy (non-hydrogen) atoms. The van der Waals surface area contributed by atoms with Crippen LogP contribution >= 0.6 is 0 Å². The lowest BCUT2D eigenvalue weighted by Crippen LogP contribution is -2.48. The first-order valence-electron chi connectivity index (χ1n) is 26.8. The highest BCUT2D eigenvalue weighted by atomic mass is 15.1. The van der Waals surface area contributed by atoms with Gasteiger partial charge in [-0.3, -0.25) is 0 Å². The van der Waals surface area contributed by atoms with Crippen LogP contribution in [0.25, 0.3) is 33.4 Å². The van der Waals surface area contributed by atoms with Crippen molar-refractivity contribution in [2.75, 3.05) is 4.90 Å². The maximum atomic E-state index is 2.48. The minimum Gasteiger partial charge on any atom is -0.311 e. The summed E-state index contributed by atoms with van der Waals surface area (Å²) in [6.45, 7) is 0. The predicted molar refractivity (Wildman–Crippen MR) is 301 cm³/mol. The zero-order valence-corrected chi connectivity index (χ0v) is 41.2. The predicted octanol–water partition coefficient (Wildman–Crippen LogP) is 18.0. The summed E-state index contributed by atoms with van der Waals surface area (Å²) < 4.78 is 0. The Labute approximate surface area is 430 Å². The minimum atomic E-state index is -0.466. The van der Waals surface area contributed by atoms with E-state index in [1.807, 2.05) is 0 Å². The second kappa shape index (κ2) is 16.5. The number of fused-ring (bicyclic) bond motifs is 6. The van der Waals surface area contributed by atoms with E-state index in [1.165, 1.54) is 116 Å². The summed E-state index contributed by atoms with van der Waals surface area (Å²) in [4.78, 5) is 2.45. The van der Waals surface area contributed by atoms with Crippen LogP contribution < -0.4 is 4.90 Å². The molecule has 0 atom stereocenters. The van der Waals surface area contributed by atoms with Gasteiger partial charge in [-0.15, -0.1) is 0 Å². The fraction of sp³-hybridized carbons (Fsp3) is 0.167. The molecule has 4 fully saturated rings. The summed E-state index contributed by atoms with van der Waals surface area (Å²) in [6, 6.07) is 96.4. The van der Waals surface area contributed by atoms with Gasteiger partial charge in [0, 0.05) is 17.1 Å². The summed E-state index contributed by atoms with van der Waals surface area (Å²) in [7, 11) is 0. The first-order valence-corrected chi connectivity index (χ1v) is 26.8. The Balaban J connectivity index is 0.852. The number of hydrogen-bond acceptors (Lipinski definition) is 1. The summed E-state index contributed by atoms with van der Waals surface area (Å²) >= 11 is 0. The molecule has 0 spiro atoms. The molecular formula is C72H57N. The summed E-state index contributed by atoms with van der Waals surface area (Å²) in [5.41, 5.74) is 22.5. The van der Waals surface area contributed by atoms with Crippen LogP contribution in [-0.2, 0) is 16.2 Å². The topological polar surface area (TPSA) is 3.24 Å². The standard InChI is InChI=1S/C72H57N/c1-3-15-55(16-4-1)71(66-23-11-7-19-62(66)63-20-8-12-24-67(63)71)57-33-39-60(40-34-57)73(59-37-29-53(30-38-59)52-27-31-54(32-28-52)70-46-49-43-50(47-70)45-51(44-49)48-70)61-41-35-58(36-42-61)72(56-17-5-2-6-18-56)68-25-13-9-21-64(68)65-22-10-14-26-69(65)72/h1-42,49-51H,43-48H2. The van der Waals surface area contributed by atoms with Crippen molar-refractivity contribution >= 4 is 17.1 Å². The van der Waals surface area contributed by atoms with Gasteiger partial charge in [0.2, 0.25) is 0 Å². The molecule has 4 saturated carbocycles. The van der Waals surface area contributed by atoms with Crippen LogP contribution in [0.15, 0.2) is 255 Å². The lowest BCUT2D eigenvalue weighted by atomic mass is 9.48. The lowest BCUT2D eigenvalue weighted by molar-refractivity contribution is -0.00518. The molecule has 6 aliphatic carbocycles. The third-order valence-electron chi connectivity index (χ3n) is 18.4. The largest absolute Gasteiger partial charge is 0.311 e. The van der Waals surface area contributed by atoms with E-state index in [2.05, 4.69) is 260 Å². The molecule has 0 aromatic heterocycles. The highest BCUT2D eigenvalue weighted by Crippen LogP contribution is 2.62. The smallest absolute Gasteiger partial charge is 0.0713 e. The van der Waals surface area contributed by atoms with Crippen LogP contribution in [0.4, 0.5) is 17.1 Å². The third kappa shape index (κ3) is 6.34. The Morgan fingerprint density at radius 3 is 0.890 bits per heavy atom. The molecule has 0 N–H and O–H groups in total. The van der Waals surface area contributed by atoms with Gasteiger partial charge in [0.05, 0.1) is 10.8 Å². The van der Waals surface area contributed by atoms with Crippen molar-refractivity contribution in [3.63, 3.8) is 0 Å². The van der Waals surface area contributed by atoms with E-state index >= 15 is 0 Å². The molecule has 0 saturated heterocycles. The van der Waals surface area contributed by atoms with E-state index < -0.39 is 10.8 Å². The van der Waals surface area contributed by atoms with Gasteiger partial charge in [-0.05, 0) is 182 Å². The maximum Gasteiger partial charge on any atom is 0.0713 e. The van der Waals surface area contributed by atoms with Crippen molar-refractivity contribution in [2.45, 2.75) is 54.8 Å². The van der Waals surface area contributed by atoms with E-state index in [9.17, 15) is 0 Å². The molecule has 350 valence electrons. The first kappa shape index (κ1) is 42.7. The Kier molecular flexibility index (Phi) is 9.65. The first-order chi connectivity index (χ1) is 36.1. The van der Waals surface area contributed by atoms with Crippen molar-refractivity contribution in [3.05, 3.63) is 305 Å². The Morgan fingerprint density at radius 1 is 0.260 bits per heavy atom. The number of anilines is 3. The van der Waals surface area contributed by atoms with Crippen molar-refractivity contribution in [2.24, 2.45) is 17.8 Å². The van der Waals surface area contributed by atoms with Crippen LogP contribution in [-0.4, -0.2) is 0 Å². The van der Waals surface area contributed by atoms with Crippen LogP contribution in [0.1, 0.15) is 88.6 Å². The summed E-state index contributed by atoms with van der Waals surface area (Å²) in [5, 5.41) is 0. The van der Waals surface area contributed by atoms with Crippen LogP contribution in [0.2, 0.25) is 0 Å². The molecule has 0 heterocycles. The minimum absolute atomic E-state index is 0.402. The molecule has 6 aliphatic rings. The van der Waals surface area contributed by atoms with Gasteiger partial charge in [-0.2, -0.15) is 0 Å². The molecule has 0 radical (unpaired) electrons. The monoisotopic (exact) mass is 935 g/mol. The van der Waals surface area contributed by atoms with E-state index in [4.69, 9.17) is 0 Å². The quantitative estimate of drug-likeness (QED) is 0.139. The Hall–Kier alpha value is -8.00. The van der Waals surface area contributed by atoms with E-state index in [0.29, 0.717) is 5.41 Å². The van der Waals surface area contributed by atoms with Gasteiger partial charge < -0.3 is 4.90 Å². The SMILES string of the molecule is c1ccc(C2(c3ccc(N(c4ccc(-c5ccc(C67CC8CC(CC(C8)C6)C7)cc5)cc4)c4ccc(C5(c6ccccc6)c6ccccc6-c6ccccc65)cc4)cc3)c3ccccc3-c3ccccc32)cc1. The number of nitrogens with zero attached hydrogens (tertiary/aromatic N) is 1. The molecule has 10 aromatic carbocycles. The van der Waals surface area contributed by atoms with Crippen molar-refractivity contribution < 1.29 is 0 Å². The van der Waals surface area contributed by atoms with Crippen LogP contribution in [0.3, 0.4) is 0 Å². The van der Waals surface area contributed by atoms with Crippen LogP contribution in [0.5, 0.6) is 0 Å². The molecule has 10 aromatic rings. The molecule has 4 bridgehead atoms. The second-order valence-corrected chi connectivity index (χ2v) is 22.2. The zero-order chi connectivity index (χ0) is 48.1. The van der Waals surface area contributed by atoms with Gasteiger partial charge in [-0.25, -0.2) is 0 Å². The van der Waals surface area contributed by atoms with Crippen molar-refractivity contribution in [3.8, 4) is 33.4 Å². The van der Waals surface area contributed by atoms with Crippen molar-refractivity contribution in [1.29, 1.82) is 0 Å². The molecular weight excluding hydrogens is 879 g/mol. The van der Waals surface area contributed by atoms with E-state index in [1.54, 1.807) is 5.56 Å². The summed E-state index contributed by atoms with van der Waals surface area (Å²) in [6.07, 6.45) is 8.61. The average Bonchev–Trinajstić information content (AvgIpc) is 3.93. The Bertz CT molecular complexity index is 3370. The fourth-order valence-electron chi connectivity index (χ4n) is 15.9. The zero-order valence-electron chi connectivity index (χ0n) is 41.2. The van der Waals surface area contributed by atoms with Gasteiger partial charge in [0.1, 0.15) is 0 Å². The highest BCUT2D eigenvalue weighted by molar-refractivity contribution is 5.89. The normalized spacial score (nSPS) is 21.0. The average molecular weight is 936 g/mol. The van der Waals surface area contributed by atoms with Crippen molar-refractivity contribution in [1.82, 2.24) is 0 Å². The number of rotatable bonds is 9. The maximum absolute atomic E-state index is 2.48. The Morgan fingerprint density at radius 2 is 0.534 bits per heavy atom. The van der Waals surface area contributed by atoms with Gasteiger partial charge in [0.25, 0.3) is 0 Å². The van der Waals surface area contributed by atoms with E-state index in [0.717, 1.165) is 34.8 Å². The fourth-order valence-corrected chi connectivity index (χ4v) is 15.9. The van der Waals surface area contributed by atoms with E-state index in [-0.39, 0.29) is 0 Å². The molecule has 0 amide bonds. The van der Waals surface area contributed by atoms with Gasteiger partial charge in [0.15, 0.2) is 0 Å². The lowest BCUT2D eigenvalue weighted by Gasteiger charge is -2.57. The van der Waals surface area contributed by atoms with Crippen LogP contribution in [0, 0.1) is 17.8 Å².